The molecule has 3 rings (SSSR count). The van der Waals surface area contributed by atoms with Crippen LogP contribution in [0.2, 0.25) is 0 Å². The Morgan fingerprint density at radius 3 is 2.40 bits per heavy atom. The van der Waals surface area contributed by atoms with E-state index in [1.807, 2.05) is 0 Å². The molecule has 0 radical (unpaired) electrons. The largest absolute Gasteiger partial charge is 0.496 e. The predicted molar refractivity (Wildman–Crippen MR) is 83.0 cm³/mol. The van der Waals surface area contributed by atoms with Gasteiger partial charge in [-0.15, -0.1) is 0 Å². The van der Waals surface area contributed by atoms with Gasteiger partial charge in [-0.1, -0.05) is 18.6 Å². The zero-order valence-corrected chi connectivity index (χ0v) is 13.0. The molecular weight excluding hydrogens is 246 g/mol. The second-order valence-electron chi connectivity index (χ2n) is 6.97. The first-order valence-corrected chi connectivity index (χ1v) is 7.99. The summed E-state index contributed by atoms with van der Waals surface area (Å²) in [5.74, 6) is 3.84. The van der Waals surface area contributed by atoms with Crippen LogP contribution in [0.1, 0.15) is 54.8 Å². The lowest BCUT2D eigenvalue weighted by Crippen LogP contribution is -2.19. The molecule has 2 bridgehead atoms. The Balaban J connectivity index is 1.72. The topological polar surface area (TPSA) is 35.2 Å². The van der Waals surface area contributed by atoms with Crippen molar-refractivity contribution >= 4 is 0 Å². The normalized spacial score (nSPS) is 29.7. The van der Waals surface area contributed by atoms with Gasteiger partial charge in [-0.05, 0) is 74.0 Å². The van der Waals surface area contributed by atoms with Crippen molar-refractivity contribution in [3.8, 4) is 5.75 Å². The third-order valence-corrected chi connectivity index (χ3v) is 5.56. The summed E-state index contributed by atoms with van der Waals surface area (Å²) in [5, 5.41) is 0. The Bertz CT molecular complexity index is 473. The summed E-state index contributed by atoms with van der Waals surface area (Å²) >= 11 is 0. The van der Waals surface area contributed by atoms with E-state index in [0.29, 0.717) is 0 Å². The van der Waals surface area contributed by atoms with Gasteiger partial charge in [0.15, 0.2) is 0 Å². The SMILES string of the molecule is COc1c(C)cc(C(N)CC2CC3CCC2C3)cc1C. The fraction of sp³-hybridized carbons (Fsp3) is 0.667. The van der Waals surface area contributed by atoms with Gasteiger partial charge in [0.1, 0.15) is 5.75 Å². The number of fused-ring (bicyclic) bond motifs is 2. The number of ether oxygens (including phenoxy) is 1. The van der Waals surface area contributed by atoms with Crippen LogP contribution in [0.15, 0.2) is 12.1 Å². The highest BCUT2D eigenvalue weighted by molar-refractivity contribution is 5.44. The number of benzene rings is 1. The molecule has 0 saturated heterocycles. The van der Waals surface area contributed by atoms with Crippen LogP contribution in [0.4, 0.5) is 0 Å². The highest BCUT2D eigenvalue weighted by atomic mass is 16.5. The lowest BCUT2D eigenvalue weighted by molar-refractivity contribution is 0.296. The summed E-state index contributed by atoms with van der Waals surface area (Å²) in [6, 6.07) is 4.61. The van der Waals surface area contributed by atoms with Crippen molar-refractivity contribution in [3.63, 3.8) is 0 Å². The van der Waals surface area contributed by atoms with E-state index in [1.54, 1.807) is 7.11 Å². The van der Waals surface area contributed by atoms with Crippen molar-refractivity contribution in [2.75, 3.05) is 7.11 Å². The van der Waals surface area contributed by atoms with E-state index in [-0.39, 0.29) is 6.04 Å². The molecule has 0 spiro atoms. The van der Waals surface area contributed by atoms with E-state index >= 15 is 0 Å². The number of hydrogen-bond acceptors (Lipinski definition) is 2. The summed E-state index contributed by atoms with van der Waals surface area (Å²) in [7, 11) is 1.74. The molecule has 2 fully saturated rings. The molecule has 2 saturated carbocycles. The van der Waals surface area contributed by atoms with Gasteiger partial charge in [0.2, 0.25) is 0 Å². The van der Waals surface area contributed by atoms with Crippen LogP contribution < -0.4 is 10.5 Å². The molecule has 4 unspecified atom stereocenters. The number of nitrogens with two attached hydrogens (primary N) is 1. The first-order chi connectivity index (χ1) is 9.58. The lowest BCUT2D eigenvalue weighted by atomic mass is 9.82. The Kier molecular flexibility index (Phi) is 3.76. The first-order valence-electron chi connectivity index (χ1n) is 7.99. The van der Waals surface area contributed by atoms with Gasteiger partial charge in [0.25, 0.3) is 0 Å². The van der Waals surface area contributed by atoms with E-state index in [9.17, 15) is 0 Å². The number of methoxy groups -OCH3 is 1. The molecule has 2 nitrogen and oxygen atoms in total. The van der Waals surface area contributed by atoms with Crippen LogP contribution >= 0.6 is 0 Å². The van der Waals surface area contributed by atoms with E-state index in [1.165, 1.54) is 42.4 Å². The molecule has 2 aliphatic rings. The van der Waals surface area contributed by atoms with Crippen molar-refractivity contribution in [3.05, 3.63) is 28.8 Å². The van der Waals surface area contributed by atoms with Crippen LogP contribution in [0.25, 0.3) is 0 Å². The maximum Gasteiger partial charge on any atom is 0.124 e. The van der Waals surface area contributed by atoms with Crippen molar-refractivity contribution in [1.82, 2.24) is 0 Å². The van der Waals surface area contributed by atoms with Gasteiger partial charge in [0, 0.05) is 6.04 Å². The number of aryl methyl sites for hydroxylation is 2. The Morgan fingerprint density at radius 2 is 1.90 bits per heavy atom. The molecule has 20 heavy (non-hydrogen) atoms. The third kappa shape index (κ3) is 2.46. The van der Waals surface area contributed by atoms with Gasteiger partial charge >= 0.3 is 0 Å². The fourth-order valence-corrected chi connectivity index (χ4v) is 4.65. The molecule has 2 N–H and O–H groups in total. The fourth-order valence-electron chi connectivity index (χ4n) is 4.65. The maximum absolute atomic E-state index is 6.50. The van der Waals surface area contributed by atoms with Gasteiger partial charge in [-0.2, -0.15) is 0 Å². The van der Waals surface area contributed by atoms with Gasteiger partial charge < -0.3 is 10.5 Å². The Labute approximate surface area is 122 Å². The lowest BCUT2D eigenvalue weighted by Gasteiger charge is -2.25. The van der Waals surface area contributed by atoms with E-state index in [4.69, 9.17) is 10.5 Å². The number of hydrogen-bond donors (Lipinski definition) is 1. The van der Waals surface area contributed by atoms with E-state index in [0.717, 1.165) is 29.9 Å². The van der Waals surface area contributed by atoms with E-state index < -0.39 is 0 Å². The molecule has 2 aliphatic carbocycles. The highest BCUT2D eigenvalue weighted by Crippen LogP contribution is 2.50. The van der Waals surface area contributed by atoms with Crippen LogP contribution in [0.5, 0.6) is 5.75 Å². The molecule has 4 atom stereocenters. The highest BCUT2D eigenvalue weighted by Gasteiger charge is 2.39. The molecule has 0 aliphatic heterocycles. The summed E-state index contributed by atoms with van der Waals surface area (Å²) in [6.07, 6.45) is 6.97. The van der Waals surface area contributed by atoms with E-state index in [2.05, 4.69) is 26.0 Å². The second kappa shape index (κ2) is 5.40. The molecule has 110 valence electrons. The van der Waals surface area contributed by atoms with Crippen molar-refractivity contribution < 1.29 is 4.74 Å². The van der Waals surface area contributed by atoms with Gasteiger partial charge in [-0.25, -0.2) is 0 Å². The second-order valence-corrected chi connectivity index (χ2v) is 6.97. The van der Waals surface area contributed by atoms with Crippen LogP contribution in [-0.2, 0) is 0 Å². The summed E-state index contributed by atoms with van der Waals surface area (Å²) < 4.78 is 5.44. The summed E-state index contributed by atoms with van der Waals surface area (Å²) in [5.41, 5.74) is 10.2. The smallest absolute Gasteiger partial charge is 0.124 e. The third-order valence-electron chi connectivity index (χ3n) is 5.56. The molecule has 1 aromatic carbocycles. The molecule has 0 aromatic heterocycles. The maximum atomic E-state index is 6.50. The minimum absolute atomic E-state index is 0.183. The minimum atomic E-state index is 0.183. The number of rotatable bonds is 4. The molecule has 2 heteroatoms. The van der Waals surface area contributed by atoms with Gasteiger partial charge in [-0.3, -0.25) is 0 Å². The Morgan fingerprint density at radius 1 is 1.20 bits per heavy atom. The average Bonchev–Trinajstić information content (AvgIpc) is 3.00. The molecule has 0 heterocycles. The zero-order chi connectivity index (χ0) is 14.3. The van der Waals surface area contributed by atoms with Crippen molar-refractivity contribution in [2.24, 2.45) is 23.5 Å². The summed E-state index contributed by atoms with van der Waals surface area (Å²) in [4.78, 5) is 0. The molecular formula is C18H27NO. The Hall–Kier alpha value is -1.02. The first kappa shape index (κ1) is 13.9. The molecule has 0 amide bonds. The zero-order valence-electron chi connectivity index (χ0n) is 13.0. The van der Waals surface area contributed by atoms with Crippen LogP contribution in [-0.4, -0.2) is 7.11 Å². The molecule has 1 aromatic rings. The van der Waals surface area contributed by atoms with Crippen LogP contribution in [0, 0.1) is 31.6 Å². The van der Waals surface area contributed by atoms with Gasteiger partial charge in [0.05, 0.1) is 7.11 Å². The monoisotopic (exact) mass is 273 g/mol. The predicted octanol–water partition coefficient (Wildman–Crippen LogP) is 4.14. The quantitative estimate of drug-likeness (QED) is 0.895. The summed E-state index contributed by atoms with van der Waals surface area (Å²) in [6.45, 7) is 4.22. The minimum Gasteiger partial charge on any atom is -0.496 e. The average molecular weight is 273 g/mol. The van der Waals surface area contributed by atoms with Crippen LogP contribution in [0.3, 0.4) is 0 Å². The standard InChI is InChI=1S/C18H27NO/c1-11-6-16(7-12(2)18(11)20-3)17(19)10-15-9-13-4-5-14(15)8-13/h6-7,13-15,17H,4-5,8-10,19H2,1-3H3. The van der Waals surface area contributed by atoms with Crippen molar-refractivity contribution in [1.29, 1.82) is 0 Å². The van der Waals surface area contributed by atoms with Crippen molar-refractivity contribution in [2.45, 2.75) is 52.0 Å².